The summed E-state index contributed by atoms with van der Waals surface area (Å²) in [4.78, 5) is 8.61. The van der Waals surface area contributed by atoms with E-state index in [1.807, 2.05) is 19.9 Å². The van der Waals surface area contributed by atoms with E-state index in [9.17, 15) is 0 Å². The second-order valence-corrected chi connectivity index (χ2v) is 6.89. The summed E-state index contributed by atoms with van der Waals surface area (Å²) in [5, 5.41) is 14.7. The molecule has 2 rings (SSSR count). The van der Waals surface area contributed by atoms with E-state index in [1.165, 1.54) is 0 Å². The van der Waals surface area contributed by atoms with Crippen LogP contribution in [0.2, 0.25) is 0 Å². The lowest BCUT2D eigenvalue weighted by molar-refractivity contribution is 0.367. The molecule has 8 nitrogen and oxygen atoms in total. The van der Waals surface area contributed by atoms with Crippen LogP contribution >= 0.6 is 0 Å². The maximum atomic E-state index is 5.43. The average molecular weight is 377 g/mol. The van der Waals surface area contributed by atoms with Crippen LogP contribution in [0.25, 0.3) is 0 Å². The molecule has 0 unspecified atom stereocenters. The Balaban J connectivity index is 1.71. The van der Waals surface area contributed by atoms with Crippen molar-refractivity contribution in [2.75, 3.05) is 13.6 Å². The lowest BCUT2D eigenvalue weighted by Crippen LogP contribution is -2.37. The molecule has 2 aromatic rings. The number of aromatic nitrogens is 3. The highest BCUT2D eigenvalue weighted by atomic mass is 16.5. The van der Waals surface area contributed by atoms with Crippen LogP contribution < -0.4 is 10.6 Å². The Hall–Kier alpha value is -2.38. The lowest BCUT2D eigenvalue weighted by Gasteiger charge is -2.10. The van der Waals surface area contributed by atoms with Gasteiger partial charge in [-0.2, -0.15) is 4.98 Å². The fourth-order valence-corrected chi connectivity index (χ4v) is 2.75. The molecule has 8 heteroatoms. The zero-order valence-corrected chi connectivity index (χ0v) is 17.1. The van der Waals surface area contributed by atoms with E-state index in [0.29, 0.717) is 18.4 Å². The largest absolute Gasteiger partial charge is 0.359 e. The van der Waals surface area contributed by atoms with Gasteiger partial charge in [0.1, 0.15) is 0 Å². The molecular formula is C19H32N6O2. The van der Waals surface area contributed by atoms with Crippen molar-refractivity contribution in [1.29, 1.82) is 0 Å². The van der Waals surface area contributed by atoms with Gasteiger partial charge in [-0.25, -0.2) is 0 Å². The number of hydrogen-bond acceptors (Lipinski definition) is 6. The topological polar surface area (TPSA) is 101 Å². The lowest BCUT2D eigenvalue weighted by atomic mass is 9.99. The van der Waals surface area contributed by atoms with Gasteiger partial charge < -0.3 is 19.7 Å². The summed E-state index contributed by atoms with van der Waals surface area (Å²) in [6, 6.07) is 2.03. The summed E-state index contributed by atoms with van der Waals surface area (Å²) in [7, 11) is 1.75. The van der Waals surface area contributed by atoms with Gasteiger partial charge in [0.25, 0.3) is 0 Å². The van der Waals surface area contributed by atoms with Crippen molar-refractivity contribution in [3.8, 4) is 0 Å². The molecule has 0 aliphatic heterocycles. The Kier molecular flexibility index (Phi) is 8.29. The Morgan fingerprint density at radius 2 is 1.93 bits per heavy atom. The molecule has 150 valence electrons. The Morgan fingerprint density at radius 3 is 2.56 bits per heavy atom. The van der Waals surface area contributed by atoms with E-state index in [-0.39, 0.29) is 5.92 Å². The molecule has 0 bridgehead atoms. The SMILES string of the molecule is CCC(CC)c1cc(CNC(=NC)NCCCc2nc(C(C)C)no2)on1. The Morgan fingerprint density at radius 1 is 1.15 bits per heavy atom. The summed E-state index contributed by atoms with van der Waals surface area (Å²) in [5.74, 6) is 3.72. The van der Waals surface area contributed by atoms with Crippen molar-refractivity contribution in [2.45, 2.75) is 71.8 Å². The molecule has 0 radical (unpaired) electrons. The Labute approximate surface area is 161 Å². The number of aryl methyl sites for hydroxylation is 1. The second kappa shape index (κ2) is 10.7. The van der Waals surface area contributed by atoms with Gasteiger partial charge in [0.15, 0.2) is 17.5 Å². The fraction of sp³-hybridized carbons (Fsp3) is 0.684. The van der Waals surface area contributed by atoms with Crippen molar-refractivity contribution < 1.29 is 9.05 Å². The number of nitrogens with zero attached hydrogens (tertiary/aromatic N) is 4. The third-order valence-electron chi connectivity index (χ3n) is 4.49. The normalized spacial score (nSPS) is 12.2. The molecule has 0 atom stereocenters. The van der Waals surface area contributed by atoms with Crippen molar-refractivity contribution in [3.63, 3.8) is 0 Å². The summed E-state index contributed by atoms with van der Waals surface area (Å²) >= 11 is 0. The number of aliphatic imine (C=N–C) groups is 1. The summed E-state index contributed by atoms with van der Waals surface area (Å²) in [6.45, 7) is 9.75. The van der Waals surface area contributed by atoms with Crippen molar-refractivity contribution >= 4 is 5.96 Å². The van der Waals surface area contributed by atoms with Crippen LogP contribution in [-0.2, 0) is 13.0 Å². The maximum Gasteiger partial charge on any atom is 0.226 e. The molecule has 0 aromatic carbocycles. The van der Waals surface area contributed by atoms with Gasteiger partial charge in [0.2, 0.25) is 5.89 Å². The first-order valence-electron chi connectivity index (χ1n) is 9.79. The van der Waals surface area contributed by atoms with Gasteiger partial charge in [0, 0.05) is 37.9 Å². The molecule has 27 heavy (non-hydrogen) atoms. The molecule has 2 heterocycles. The quantitative estimate of drug-likeness (QED) is 0.372. The van der Waals surface area contributed by atoms with Gasteiger partial charge in [0.05, 0.1) is 12.2 Å². The fourth-order valence-electron chi connectivity index (χ4n) is 2.75. The highest BCUT2D eigenvalue weighted by Crippen LogP contribution is 2.22. The molecule has 0 saturated heterocycles. The van der Waals surface area contributed by atoms with Gasteiger partial charge >= 0.3 is 0 Å². The minimum atomic E-state index is 0.283. The highest BCUT2D eigenvalue weighted by Gasteiger charge is 2.13. The number of hydrogen-bond donors (Lipinski definition) is 2. The van der Waals surface area contributed by atoms with Gasteiger partial charge in [-0.3, -0.25) is 4.99 Å². The van der Waals surface area contributed by atoms with Crippen LogP contribution in [0.5, 0.6) is 0 Å². The predicted molar refractivity (Wildman–Crippen MR) is 105 cm³/mol. The molecule has 2 N–H and O–H groups in total. The summed E-state index contributed by atoms with van der Waals surface area (Å²) in [6.07, 6.45) is 3.75. The van der Waals surface area contributed by atoms with Crippen LogP contribution in [0.1, 0.15) is 82.0 Å². The number of guanidine groups is 1. The molecule has 0 saturated carbocycles. The van der Waals surface area contributed by atoms with Crippen LogP contribution in [0.4, 0.5) is 0 Å². The van der Waals surface area contributed by atoms with E-state index in [4.69, 9.17) is 9.05 Å². The molecule has 0 spiro atoms. The van der Waals surface area contributed by atoms with E-state index >= 15 is 0 Å². The highest BCUT2D eigenvalue weighted by molar-refractivity contribution is 5.79. The molecule has 2 aromatic heterocycles. The molecule has 0 amide bonds. The first-order valence-corrected chi connectivity index (χ1v) is 9.79. The van der Waals surface area contributed by atoms with E-state index in [2.05, 4.69) is 44.8 Å². The van der Waals surface area contributed by atoms with Crippen molar-refractivity contribution in [1.82, 2.24) is 25.9 Å². The minimum Gasteiger partial charge on any atom is -0.359 e. The van der Waals surface area contributed by atoms with E-state index < -0.39 is 0 Å². The van der Waals surface area contributed by atoms with Crippen LogP contribution in [0.3, 0.4) is 0 Å². The monoisotopic (exact) mass is 376 g/mol. The molecule has 0 aliphatic rings. The third-order valence-corrected chi connectivity index (χ3v) is 4.49. The molecular weight excluding hydrogens is 344 g/mol. The smallest absolute Gasteiger partial charge is 0.226 e. The number of rotatable bonds is 10. The molecule has 0 aliphatic carbocycles. The zero-order chi connectivity index (χ0) is 19.6. The van der Waals surface area contributed by atoms with Gasteiger partial charge in [-0.1, -0.05) is 38.0 Å². The van der Waals surface area contributed by atoms with Gasteiger partial charge in [-0.15, -0.1) is 0 Å². The Bertz CT molecular complexity index is 703. The second-order valence-electron chi connectivity index (χ2n) is 6.89. The van der Waals surface area contributed by atoms with Crippen molar-refractivity contribution in [2.24, 2.45) is 4.99 Å². The number of nitrogens with one attached hydrogen (secondary N) is 2. The van der Waals surface area contributed by atoms with Crippen LogP contribution in [0.15, 0.2) is 20.1 Å². The summed E-state index contributed by atoms with van der Waals surface area (Å²) < 4.78 is 10.7. The predicted octanol–water partition coefficient (Wildman–Crippen LogP) is 3.38. The summed E-state index contributed by atoms with van der Waals surface area (Å²) in [5.41, 5.74) is 1.03. The minimum absolute atomic E-state index is 0.283. The van der Waals surface area contributed by atoms with Crippen LogP contribution in [0, 0.1) is 0 Å². The van der Waals surface area contributed by atoms with Crippen molar-refractivity contribution in [3.05, 3.63) is 29.2 Å². The molecule has 0 fully saturated rings. The zero-order valence-electron chi connectivity index (χ0n) is 17.1. The van der Waals surface area contributed by atoms with Gasteiger partial charge in [-0.05, 0) is 19.3 Å². The first kappa shape index (κ1) is 20.9. The maximum absolute atomic E-state index is 5.43. The van der Waals surface area contributed by atoms with E-state index in [1.54, 1.807) is 7.05 Å². The standard InChI is InChI=1S/C19H32N6O2/c1-6-14(7-2)16-11-15(26-24-16)12-22-19(20-5)21-10-8-9-17-23-18(13(3)4)25-27-17/h11,13-14H,6-10,12H2,1-5H3,(H2,20,21,22). The van der Waals surface area contributed by atoms with E-state index in [0.717, 1.165) is 55.5 Å². The third kappa shape index (κ3) is 6.37. The first-order chi connectivity index (χ1) is 13.1. The average Bonchev–Trinajstić information content (AvgIpc) is 3.32. The van der Waals surface area contributed by atoms with Crippen LogP contribution in [-0.4, -0.2) is 34.8 Å².